The quantitative estimate of drug-likeness (QED) is 0.821. The van der Waals surface area contributed by atoms with Crippen molar-refractivity contribution in [2.45, 2.75) is 46.7 Å². The Morgan fingerprint density at radius 2 is 1.79 bits per heavy atom. The summed E-state index contributed by atoms with van der Waals surface area (Å²) in [5.41, 5.74) is 2.60. The summed E-state index contributed by atoms with van der Waals surface area (Å²) >= 11 is 3.71. The zero-order valence-electron chi connectivity index (χ0n) is 13.0. The fraction of sp³-hybridized carbons (Fsp3) is 0.625. The number of hydrogen-bond donors (Lipinski definition) is 1. The van der Waals surface area contributed by atoms with Crippen molar-refractivity contribution in [2.75, 3.05) is 18.5 Å². The molecule has 0 fully saturated rings. The lowest BCUT2D eigenvalue weighted by atomic mass is 10.1. The summed E-state index contributed by atoms with van der Waals surface area (Å²) in [6.07, 6.45) is 0. The Bertz CT molecular complexity index is 402. The molecule has 0 amide bonds. The van der Waals surface area contributed by atoms with E-state index in [9.17, 15) is 0 Å². The van der Waals surface area contributed by atoms with E-state index in [2.05, 4.69) is 79.0 Å². The molecule has 1 N–H and O–H groups in total. The molecule has 0 saturated heterocycles. The van der Waals surface area contributed by atoms with Crippen molar-refractivity contribution >= 4 is 21.6 Å². The normalized spacial score (nSPS) is 13.1. The second-order valence-corrected chi connectivity index (χ2v) is 6.71. The lowest BCUT2D eigenvalue weighted by molar-refractivity contribution is 0.570. The van der Waals surface area contributed by atoms with Crippen LogP contribution in [0.15, 0.2) is 22.7 Å². The fourth-order valence-corrected chi connectivity index (χ4v) is 2.92. The Hall–Kier alpha value is -0.540. The maximum absolute atomic E-state index is 3.71. The predicted octanol–water partition coefficient (Wildman–Crippen LogP) is 4.60. The molecule has 0 radical (unpaired) electrons. The van der Waals surface area contributed by atoms with Gasteiger partial charge in [0.2, 0.25) is 0 Å². The molecule has 1 atom stereocenters. The van der Waals surface area contributed by atoms with E-state index in [1.54, 1.807) is 0 Å². The van der Waals surface area contributed by atoms with Crippen LogP contribution in [0.2, 0.25) is 0 Å². The van der Waals surface area contributed by atoms with E-state index >= 15 is 0 Å². The Labute approximate surface area is 126 Å². The minimum Gasteiger partial charge on any atom is -0.369 e. The monoisotopic (exact) mass is 326 g/mol. The van der Waals surface area contributed by atoms with Gasteiger partial charge in [0.1, 0.15) is 0 Å². The summed E-state index contributed by atoms with van der Waals surface area (Å²) in [7, 11) is 1.99. The van der Waals surface area contributed by atoms with Gasteiger partial charge in [-0.05, 0) is 51.4 Å². The highest BCUT2D eigenvalue weighted by Crippen LogP contribution is 2.29. The van der Waals surface area contributed by atoms with Crippen LogP contribution in [0.3, 0.4) is 0 Å². The van der Waals surface area contributed by atoms with E-state index in [-0.39, 0.29) is 0 Å². The minimum absolute atomic E-state index is 0.362. The zero-order chi connectivity index (χ0) is 14.6. The van der Waals surface area contributed by atoms with Gasteiger partial charge in [0, 0.05) is 28.8 Å². The Kier molecular flexibility index (Phi) is 6.34. The molecule has 1 rings (SSSR count). The van der Waals surface area contributed by atoms with Gasteiger partial charge >= 0.3 is 0 Å². The molecular formula is C16H27BrN2. The first-order valence-corrected chi connectivity index (χ1v) is 7.89. The lowest BCUT2D eigenvalue weighted by Crippen LogP contribution is -2.34. The van der Waals surface area contributed by atoms with Crippen LogP contribution in [0.25, 0.3) is 0 Å². The van der Waals surface area contributed by atoms with Gasteiger partial charge in [-0.25, -0.2) is 0 Å². The number of hydrogen-bond acceptors (Lipinski definition) is 2. The Morgan fingerprint density at radius 1 is 1.16 bits per heavy atom. The van der Waals surface area contributed by atoms with Gasteiger partial charge in [-0.2, -0.15) is 0 Å². The molecule has 0 bridgehead atoms. The smallest absolute Gasteiger partial charge is 0.0380 e. The van der Waals surface area contributed by atoms with Crippen LogP contribution in [0.4, 0.5) is 5.69 Å². The van der Waals surface area contributed by atoms with Crippen LogP contribution >= 0.6 is 15.9 Å². The maximum atomic E-state index is 3.71. The number of nitrogens with zero attached hydrogens (tertiary/aromatic N) is 1. The summed E-state index contributed by atoms with van der Waals surface area (Å²) in [6.45, 7) is 12.3. The van der Waals surface area contributed by atoms with Crippen molar-refractivity contribution in [2.24, 2.45) is 5.92 Å². The van der Waals surface area contributed by atoms with Crippen molar-refractivity contribution in [3.05, 3.63) is 28.2 Å². The number of rotatable bonds is 6. The van der Waals surface area contributed by atoms with Gasteiger partial charge in [-0.3, -0.25) is 0 Å². The first-order chi connectivity index (χ1) is 8.86. The van der Waals surface area contributed by atoms with Crippen LogP contribution in [-0.2, 0) is 0 Å². The molecule has 1 aromatic rings. The van der Waals surface area contributed by atoms with Gasteiger partial charge in [-0.1, -0.05) is 35.8 Å². The topological polar surface area (TPSA) is 15.3 Å². The number of benzene rings is 1. The van der Waals surface area contributed by atoms with Gasteiger partial charge in [0.15, 0.2) is 0 Å². The van der Waals surface area contributed by atoms with E-state index in [1.807, 2.05) is 7.05 Å². The summed E-state index contributed by atoms with van der Waals surface area (Å²) in [5, 5.41) is 3.28. The summed E-state index contributed by atoms with van der Waals surface area (Å²) in [5.74, 6) is 0.664. The molecule has 3 heteroatoms. The Balaban J connectivity index is 3.03. The standard InChI is InChI=1S/C16H27BrN2/c1-11(2)10-19(12(3)4)14-7-8-15(13(5)18-6)16(17)9-14/h7-9,11-13,18H,10H2,1-6H3. The Morgan fingerprint density at radius 3 is 2.21 bits per heavy atom. The number of nitrogens with one attached hydrogen (secondary N) is 1. The van der Waals surface area contributed by atoms with Crippen molar-refractivity contribution in [1.82, 2.24) is 5.32 Å². The van der Waals surface area contributed by atoms with E-state index in [0.717, 1.165) is 6.54 Å². The van der Waals surface area contributed by atoms with Gasteiger partial charge < -0.3 is 10.2 Å². The average molecular weight is 327 g/mol. The summed E-state index contributed by atoms with van der Waals surface area (Å²) in [6, 6.07) is 7.57. The fourth-order valence-electron chi connectivity index (χ4n) is 2.21. The van der Waals surface area contributed by atoms with Crippen LogP contribution in [-0.4, -0.2) is 19.6 Å². The molecule has 2 nitrogen and oxygen atoms in total. The van der Waals surface area contributed by atoms with Gasteiger partial charge in [0.05, 0.1) is 0 Å². The molecule has 0 aliphatic rings. The van der Waals surface area contributed by atoms with Gasteiger partial charge in [-0.15, -0.1) is 0 Å². The highest BCUT2D eigenvalue weighted by Gasteiger charge is 2.15. The van der Waals surface area contributed by atoms with Crippen molar-refractivity contribution < 1.29 is 0 Å². The lowest BCUT2D eigenvalue weighted by Gasteiger charge is -2.31. The molecule has 0 saturated carbocycles. The number of anilines is 1. The largest absolute Gasteiger partial charge is 0.369 e. The molecule has 0 aromatic heterocycles. The highest BCUT2D eigenvalue weighted by atomic mass is 79.9. The van der Waals surface area contributed by atoms with Crippen molar-refractivity contribution in [1.29, 1.82) is 0 Å². The first kappa shape index (κ1) is 16.5. The molecule has 0 heterocycles. The molecule has 1 aromatic carbocycles. The van der Waals surface area contributed by atoms with Crippen LogP contribution in [0.1, 0.15) is 46.2 Å². The first-order valence-electron chi connectivity index (χ1n) is 7.10. The molecule has 0 aliphatic heterocycles. The minimum atomic E-state index is 0.362. The number of halogens is 1. The maximum Gasteiger partial charge on any atom is 0.0380 e. The summed E-state index contributed by atoms with van der Waals surface area (Å²) < 4.78 is 1.18. The van der Waals surface area contributed by atoms with E-state index in [1.165, 1.54) is 15.7 Å². The van der Waals surface area contributed by atoms with Crippen molar-refractivity contribution in [3.8, 4) is 0 Å². The third-order valence-electron chi connectivity index (χ3n) is 3.40. The van der Waals surface area contributed by atoms with Crippen LogP contribution in [0, 0.1) is 5.92 Å². The third-order valence-corrected chi connectivity index (χ3v) is 4.09. The molecule has 1 unspecified atom stereocenters. The second kappa shape index (κ2) is 7.30. The van der Waals surface area contributed by atoms with Crippen LogP contribution in [0.5, 0.6) is 0 Å². The zero-order valence-corrected chi connectivity index (χ0v) is 14.6. The van der Waals surface area contributed by atoms with E-state index in [4.69, 9.17) is 0 Å². The molecule has 19 heavy (non-hydrogen) atoms. The summed E-state index contributed by atoms with van der Waals surface area (Å²) in [4.78, 5) is 2.46. The average Bonchev–Trinajstić information content (AvgIpc) is 2.34. The molecule has 0 aliphatic carbocycles. The third kappa shape index (κ3) is 4.50. The van der Waals surface area contributed by atoms with E-state index in [0.29, 0.717) is 18.0 Å². The molecule has 108 valence electrons. The van der Waals surface area contributed by atoms with E-state index < -0.39 is 0 Å². The molecule has 0 spiro atoms. The van der Waals surface area contributed by atoms with Gasteiger partial charge in [0.25, 0.3) is 0 Å². The SMILES string of the molecule is CNC(C)c1ccc(N(CC(C)C)C(C)C)cc1Br. The van der Waals surface area contributed by atoms with Crippen LogP contribution < -0.4 is 10.2 Å². The highest BCUT2D eigenvalue weighted by molar-refractivity contribution is 9.10. The second-order valence-electron chi connectivity index (χ2n) is 5.86. The van der Waals surface area contributed by atoms with Crippen molar-refractivity contribution in [3.63, 3.8) is 0 Å². The predicted molar refractivity (Wildman–Crippen MR) is 88.9 cm³/mol. The molecular weight excluding hydrogens is 300 g/mol.